The molecule has 1 aromatic heterocycles. The lowest BCUT2D eigenvalue weighted by Crippen LogP contribution is -2.06. The van der Waals surface area contributed by atoms with Crippen LogP contribution in [-0.2, 0) is 0 Å². The van der Waals surface area contributed by atoms with Gasteiger partial charge in [0.1, 0.15) is 5.75 Å². The predicted molar refractivity (Wildman–Crippen MR) is 106 cm³/mol. The monoisotopic (exact) mass is 351 g/mol. The quantitative estimate of drug-likeness (QED) is 0.465. The van der Waals surface area contributed by atoms with Crippen LogP contribution < -0.4 is 10.2 Å². The van der Waals surface area contributed by atoms with Gasteiger partial charge in [0.05, 0.1) is 18.5 Å². The van der Waals surface area contributed by atoms with E-state index in [0.717, 1.165) is 27.7 Å². The number of nitrogens with one attached hydrogen (secondary N) is 1. The van der Waals surface area contributed by atoms with Gasteiger partial charge in [-0.2, -0.15) is 5.10 Å². The Morgan fingerprint density at radius 1 is 1.12 bits per heavy atom. The highest BCUT2D eigenvalue weighted by atomic mass is 32.1. The number of hydrogen-bond donors (Lipinski definition) is 1. The minimum atomic E-state index is 0.481. The highest BCUT2D eigenvalue weighted by Crippen LogP contribution is 2.24. The lowest BCUT2D eigenvalue weighted by atomic mass is 10.2. The first-order valence-electron chi connectivity index (χ1n) is 8.24. The van der Waals surface area contributed by atoms with E-state index in [1.165, 1.54) is 11.3 Å². The van der Waals surface area contributed by atoms with E-state index in [0.29, 0.717) is 12.5 Å². The van der Waals surface area contributed by atoms with Crippen LogP contribution in [0.4, 0.5) is 5.13 Å². The van der Waals surface area contributed by atoms with Crippen molar-refractivity contribution in [3.63, 3.8) is 0 Å². The Bertz CT molecular complexity index is 828. The number of nitrogens with zero attached hydrogens (tertiary/aromatic N) is 2. The van der Waals surface area contributed by atoms with E-state index in [4.69, 9.17) is 4.74 Å². The summed E-state index contributed by atoms with van der Waals surface area (Å²) in [5.74, 6) is 1.32. The Labute approximate surface area is 152 Å². The molecule has 4 nitrogen and oxygen atoms in total. The summed E-state index contributed by atoms with van der Waals surface area (Å²) in [6, 6.07) is 18.0. The average Bonchev–Trinajstić information content (AvgIpc) is 3.10. The Kier molecular flexibility index (Phi) is 5.80. The Balaban J connectivity index is 1.65. The van der Waals surface area contributed by atoms with Gasteiger partial charge in [0.2, 0.25) is 5.13 Å². The van der Waals surface area contributed by atoms with Gasteiger partial charge in [-0.15, -0.1) is 11.3 Å². The van der Waals surface area contributed by atoms with Crippen LogP contribution in [-0.4, -0.2) is 17.8 Å². The molecule has 25 heavy (non-hydrogen) atoms. The van der Waals surface area contributed by atoms with Crippen LogP contribution >= 0.6 is 11.3 Å². The summed E-state index contributed by atoms with van der Waals surface area (Å²) in [5, 5.41) is 7.08. The number of thiazole rings is 1. The number of aromatic nitrogens is 1. The Morgan fingerprint density at radius 2 is 1.88 bits per heavy atom. The smallest absolute Gasteiger partial charge is 0.203 e. The molecule has 5 heteroatoms. The van der Waals surface area contributed by atoms with E-state index < -0.39 is 0 Å². The first-order chi connectivity index (χ1) is 12.2. The van der Waals surface area contributed by atoms with Crippen LogP contribution in [0.5, 0.6) is 5.75 Å². The fourth-order valence-corrected chi connectivity index (χ4v) is 2.87. The number of anilines is 1. The molecule has 3 rings (SSSR count). The molecule has 0 fully saturated rings. The van der Waals surface area contributed by atoms with Crippen LogP contribution in [0.1, 0.15) is 19.4 Å². The molecule has 0 saturated carbocycles. The molecular weight excluding hydrogens is 330 g/mol. The molecule has 0 unspecified atom stereocenters. The first-order valence-corrected chi connectivity index (χ1v) is 9.12. The van der Waals surface area contributed by atoms with Crippen LogP contribution in [0.15, 0.2) is 65.1 Å². The third-order valence-corrected chi connectivity index (χ3v) is 4.18. The fourth-order valence-electron chi connectivity index (χ4n) is 2.20. The van der Waals surface area contributed by atoms with Gasteiger partial charge in [0.15, 0.2) is 0 Å². The lowest BCUT2D eigenvalue weighted by Gasteiger charge is -2.10. The maximum Gasteiger partial charge on any atom is 0.203 e. The van der Waals surface area contributed by atoms with E-state index in [2.05, 4.69) is 29.4 Å². The third-order valence-electron chi connectivity index (χ3n) is 3.43. The summed E-state index contributed by atoms with van der Waals surface area (Å²) in [5.41, 5.74) is 5.99. The van der Waals surface area contributed by atoms with Gasteiger partial charge < -0.3 is 4.74 Å². The van der Waals surface area contributed by atoms with Crippen LogP contribution in [0.25, 0.3) is 11.3 Å². The largest absolute Gasteiger partial charge is 0.493 e. The summed E-state index contributed by atoms with van der Waals surface area (Å²) in [6.07, 6.45) is 1.76. The van der Waals surface area contributed by atoms with E-state index in [1.54, 1.807) is 6.21 Å². The summed E-state index contributed by atoms with van der Waals surface area (Å²) in [4.78, 5) is 4.56. The Morgan fingerprint density at radius 3 is 2.68 bits per heavy atom. The minimum absolute atomic E-state index is 0.481. The van der Waals surface area contributed by atoms with Crippen LogP contribution in [0, 0.1) is 5.92 Å². The molecule has 0 atom stereocenters. The standard InChI is InChI=1S/C20H21N3OS/c1-15(2)13-24-19-11-7-6-10-17(19)12-21-23-20-22-18(14-25-20)16-8-4-3-5-9-16/h3-12,14-15H,13H2,1-2H3,(H,22,23)/b21-12-. The average molecular weight is 351 g/mol. The summed E-state index contributed by atoms with van der Waals surface area (Å²) in [6.45, 7) is 4.95. The van der Waals surface area contributed by atoms with Crippen molar-refractivity contribution in [3.8, 4) is 17.0 Å². The van der Waals surface area contributed by atoms with E-state index >= 15 is 0 Å². The molecule has 0 spiro atoms. The van der Waals surface area contributed by atoms with Crippen molar-refractivity contribution in [2.45, 2.75) is 13.8 Å². The second-order valence-corrected chi connectivity index (χ2v) is 6.87. The molecule has 0 saturated heterocycles. The van der Waals surface area contributed by atoms with Crippen molar-refractivity contribution in [3.05, 3.63) is 65.5 Å². The molecule has 0 amide bonds. The highest BCUT2D eigenvalue weighted by Gasteiger charge is 2.04. The maximum atomic E-state index is 5.83. The minimum Gasteiger partial charge on any atom is -0.493 e. The number of benzene rings is 2. The van der Waals surface area contributed by atoms with Crippen molar-refractivity contribution in [2.75, 3.05) is 12.0 Å². The SMILES string of the molecule is CC(C)COc1ccccc1/C=N\Nc1nc(-c2ccccc2)cs1. The normalized spacial score (nSPS) is 11.2. The van der Waals surface area contributed by atoms with E-state index in [-0.39, 0.29) is 0 Å². The summed E-state index contributed by atoms with van der Waals surface area (Å²) >= 11 is 1.53. The number of rotatable bonds is 7. The lowest BCUT2D eigenvalue weighted by molar-refractivity contribution is 0.271. The molecule has 0 radical (unpaired) electrons. The van der Waals surface area contributed by atoms with Crippen molar-refractivity contribution in [2.24, 2.45) is 11.0 Å². The zero-order valence-corrected chi connectivity index (χ0v) is 15.2. The predicted octanol–water partition coefficient (Wildman–Crippen LogP) is 5.29. The van der Waals surface area contributed by atoms with Gasteiger partial charge in [0, 0.05) is 16.5 Å². The van der Waals surface area contributed by atoms with Crippen LogP contribution in [0.3, 0.4) is 0 Å². The van der Waals surface area contributed by atoms with Crippen molar-refractivity contribution in [1.29, 1.82) is 0 Å². The molecule has 0 bridgehead atoms. The molecule has 3 aromatic rings. The summed E-state index contributed by atoms with van der Waals surface area (Å²) < 4.78 is 5.83. The molecule has 0 aliphatic carbocycles. The van der Waals surface area contributed by atoms with Gasteiger partial charge in [-0.05, 0) is 18.1 Å². The molecular formula is C20H21N3OS. The topological polar surface area (TPSA) is 46.5 Å². The van der Waals surface area contributed by atoms with Gasteiger partial charge >= 0.3 is 0 Å². The van der Waals surface area contributed by atoms with E-state index in [9.17, 15) is 0 Å². The van der Waals surface area contributed by atoms with Crippen molar-refractivity contribution in [1.82, 2.24) is 4.98 Å². The Hall–Kier alpha value is -2.66. The van der Waals surface area contributed by atoms with Gasteiger partial charge in [-0.1, -0.05) is 56.3 Å². The summed E-state index contributed by atoms with van der Waals surface area (Å²) in [7, 11) is 0. The number of para-hydroxylation sites is 1. The zero-order chi connectivity index (χ0) is 17.5. The number of ether oxygens (including phenoxy) is 1. The first kappa shape index (κ1) is 17.2. The van der Waals surface area contributed by atoms with E-state index in [1.807, 2.05) is 60.0 Å². The molecule has 128 valence electrons. The van der Waals surface area contributed by atoms with Crippen LogP contribution in [0.2, 0.25) is 0 Å². The number of hydrogen-bond acceptors (Lipinski definition) is 5. The van der Waals surface area contributed by atoms with Crippen molar-refractivity contribution < 1.29 is 4.74 Å². The number of hydrazone groups is 1. The highest BCUT2D eigenvalue weighted by molar-refractivity contribution is 7.14. The molecule has 0 aliphatic heterocycles. The van der Waals surface area contributed by atoms with Gasteiger partial charge in [0.25, 0.3) is 0 Å². The van der Waals surface area contributed by atoms with Gasteiger partial charge in [-0.25, -0.2) is 4.98 Å². The zero-order valence-electron chi connectivity index (χ0n) is 14.3. The fraction of sp³-hybridized carbons (Fsp3) is 0.200. The molecule has 1 N–H and O–H groups in total. The van der Waals surface area contributed by atoms with Crippen molar-refractivity contribution >= 4 is 22.7 Å². The molecule has 1 heterocycles. The molecule has 0 aliphatic rings. The third kappa shape index (κ3) is 4.90. The second kappa shape index (κ2) is 8.44. The molecule has 2 aromatic carbocycles. The maximum absolute atomic E-state index is 5.83. The van der Waals surface area contributed by atoms with Gasteiger partial charge in [-0.3, -0.25) is 5.43 Å². The second-order valence-electron chi connectivity index (χ2n) is 6.02.